The van der Waals surface area contributed by atoms with Gasteiger partial charge in [-0.1, -0.05) is 26.0 Å². The van der Waals surface area contributed by atoms with Gasteiger partial charge < -0.3 is 14.8 Å². The molecule has 2 rings (SSSR count). The van der Waals surface area contributed by atoms with E-state index in [1.165, 1.54) is 12.1 Å². The van der Waals surface area contributed by atoms with Crippen molar-refractivity contribution in [3.05, 3.63) is 63.7 Å². The van der Waals surface area contributed by atoms with Gasteiger partial charge in [-0.05, 0) is 36.6 Å². The molecule has 0 aliphatic carbocycles. The highest BCUT2D eigenvalue weighted by Gasteiger charge is 2.12. The highest BCUT2D eigenvalue weighted by atomic mass is 16.6. The van der Waals surface area contributed by atoms with Crippen molar-refractivity contribution in [2.75, 3.05) is 13.2 Å². The van der Waals surface area contributed by atoms with E-state index in [9.17, 15) is 14.9 Å². The summed E-state index contributed by atoms with van der Waals surface area (Å²) in [6, 6.07) is 11.2. The highest BCUT2D eigenvalue weighted by molar-refractivity contribution is 5.94. The summed E-state index contributed by atoms with van der Waals surface area (Å²) in [5.74, 6) is 0.919. The number of nitrogens with zero attached hydrogens (tertiary/aromatic N) is 1. The Labute approximate surface area is 158 Å². The molecule has 2 aromatic carbocycles. The maximum Gasteiger partial charge on any atom is 0.269 e. The second kappa shape index (κ2) is 10.2. The SMILES string of the molecule is CCCOc1ccc(C(=O)NCc2ccc([N+](=O)[O-])cc2)cc1OCCC. The molecule has 7 heteroatoms. The van der Waals surface area contributed by atoms with Gasteiger partial charge in [-0.2, -0.15) is 0 Å². The lowest BCUT2D eigenvalue weighted by Crippen LogP contribution is -2.22. The van der Waals surface area contributed by atoms with Gasteiger partial charge in [-0.15, -0.1) is 0 Å². The molecule has 0 atom stereocenters. The maximum atomic E-state index is 12.4. The molecule has 0 aromatic heterocycles. The number of hydrogen-bond acceptors (Lipinski definition) is 5. The predicted octanol–water partition coefficient (Wildman–Crippen LogP) is 4.10. The fourth-order valence-corrected chi connectivity index (χ4v) is 2.33. The molecule has 0 aliphatic heterocycles. The van der Waals surface area contributed by atoms with E-state index in [-0.39, 0.29) is 18.1 Å². The number of non-ortho nitro benzene ring substituents is 1. The summed E-state index contributed by atoms with van der Waals surface area (Å²) in [7, 11) is 0. The zero-order valence-corrected chi connectivity index (χ0v) is 15.6. The van der Waals surface area contributed by atoms with Crippen LogP contribution in [0.25, 0.3) is 0 Å². The van der Waals surface area contributed by atoms with Crippen LogP contribution < -0.4 is 14.8 Å². The molecule has 0 saturated carbocycles. The number of carbonyl (C=O) groups excluding carboxylic acids is 1. The number of benzene rings is 2. The molecule has 144 valence electrons. The summed E-state index contributed by atoms with van der Waals surface area (Å²) in [6.45, 7) is 5.42. The quantitative estimate of drug-likeness (QED) is 0.501. The average Bonchev–Trinajstić information content (AvgIpc) is 2.69. The average molecular weight is 372 g/mol. The number of amides is 1. The minimum atomic E-state index is -0.456. The van der Waals surface area contributed by atoms with E-state index >= 15 is 0 Å². The van der Waals surface area contributed by atoms with Crippen LogP contribution in [0.4, 0.5) is 5.69 Å². The number of ether oxygens (including phenoxy) is 2. The van der Waals surface area contributed by atoms with E-state index in [1.54, 1.807) is 30.3 Å². The third-order valence-corrected chi connectivity index (χ3v) is 3.73. The summed E-state index contributed by atoms with van der Waals surface area (Å²) < 4.78 is 11.4. The fraction of sp³-hybridized carbons (Fsp3) is 0.350. The van der Waals surface area contributed by atoms with Crippen molar-refractivity contribution < 1.29 is 19.2 Å². The monoisotopic (exact) mass is 372 g/mol. The van der Waals surface area contributed by atoms with Crippen LogP contribution in [0.2, 0.25) is 0 Å². The first kappa shape index (κ1) is 20.2. The second-order valence-electron chi connectivity index (χ2n) is 5.96. The van der Waals surface area contributed by atoms with Crippen molar-refractivity contribution in [3.63, 3.8) is 0 Å². The third-order valence-electron chi connectivity index (χ3n) is 3.73. The lowest BCUT2D eigenvalue weighted by Gasteiger charge is -2.13. The zero-order chi connectivity index (χ0) is 19.6. The molecule has 0 aliphatic rings. The van der Waals surface area contributed by atoms with E-state index in [1.807, 2.05) is 13.8 Å². The number of nitrogens with one attached hydrogen (secondary N) is 1. The van der Waals surface area contributed by atoms with Crippen LogP contribution in [0.5, 0.6) is 11.5 Å². The first-order valence-corrected chi connectivity index (χ1v) is 8.96. The molecule has 0 saturated heterocycles. The van der Waals surface area contributed by atoms with Gasteiger partial charge in [0.1, 0.15) is 0 Å². The standard InChI is InChI=1S/C20H24N2O5/c1-3-11-26-18-10-7-16(13-19(18)27-12-4-2)20(23)21-14-15-5-8-17(9-6-15)22(24)25/h5-10,13H,3-4,11-12,14H2,1-2H3,(H,21,23). The summed E-state index contributed by atoms with van der Waals surface area (Å²) in [5.41, 5.74) is 1.26. The molecule has 0 bridgehead atoms. The molecule has 0 unspecified atom stereocenters. The molecular weight excluding hydrogens is 348 g/mol. The second-order valence-corrected chi connectivity index (χ2v) is 5.96. The van der Waals surface area contributed by atoms with E-state index in [0.717, 1.165) is 18.4 Å². The van der Waals surface area contributed by atoms with Crippen LogP contribution in [0.3, 0.4) is 0 Å². The Hall–Kier alpha value is -3.09. The van der Waals surface area contributed by atoms with Gasteiger partial charge >= 0.3 is 0 Å². The van der Waals surface area contributed by atoms with Crippen LogP contribution in [-0.4, -0.2) is 24.0 Å². The molecule has 1 N–H and O–H groups in total. The minimum Gasteiger partial charge on any atom is -0.490 e. The van der Waals surface area contributed by atoms with Crippen molar-refractivity contribution in [2.45, 2.75) is 33.2 Å². The van der Waals surface area contributed by atoms with E-state index in [4.69, 9.17) is 9.47 Å². The minimum absolute atomic E-state index is 0.0189. The van der Waals surface area contributed by atoms with E-state index in [2.05, 4.69) is 5.32 Å². The Kier molecular flexibility index (Phi) is 7.61. The maximum absolute atomic E-state index is 12.4. The summed E-state index contributed by atoms with van der Waals surface area (Å²) in [4.78, 5) is 22.7. The van der Waals surface area contributed by atoms with Gasteiger partial charge in [-0.3, -0.25) is 14.9 Å². The number of nitro benzene ring substituents is 1. The molecule has 27 heavy (non-hydrogen) atoms. The molecule has 2 aromatic rings. The Morgan fingerprint density at radius 2 is 1.63 bits per heavy atom. The van der Waals surface area contributed by atoms with Gasteiger partial charge in [0.15, 0.2) is 11.5 Å². The van der Waals surface area contributed by atoms with Crippen molar-refractivity contribution in [1.82, 2.24) is 5.32 Å². The molecule has 0 heterocycles. The van der Waals surface area contributed by atoms with Crippen LogP contribution in [0.1, 0.15) is 42.6 Å². The van der Waals surface area contributed by atoms with Crippen LogP contribution in [-0.2, 0) is 6.54 Å². The van der Waals surface area contributed by atoms with Gasteiger partial charge in [-0.25, -0.2) is 0 Å². The Morgan fingerprint density at radius 3 is 2.22 bits per heavy atom. The molecular formula is C20H24N2O5. The predicted molar refractivity (Wildman–Crippen MR) is 102 cm³/mol. The van der Waals surface area contributed by atoms with Crippen molar-refractivity contribution in [3.8, 4) is 11.5 Å². The molecule has 7 nitrogen and oxygen atoms in total. The first-order chi connectivity index (χ1) is 13.0. The highest BCUT2D eigenvalue weighted by Crippen LogP contribution is 2.29. The van der Waals surface area contributed by atoms with Crippen LogP contribution in [0.15, 0.2) is 42.5 Å². The van der Waals surface area contributed by atoms with E-state index in [0.29, 0.717) is 30.3 Å². The third kappa shape index (κ3) is 5.99. The van der Waals surface area contributed by atoms with Gasteiger partial charge in [0, 0.05) is 24.2 Å². The zero-order valence-electron chi connectivity index (χ0n) is 15.6. The topological polar surface area (TPSA) is 90.7 Å². The van der Waals surface area contributed by atoms with Crippen molar-refractivity contribution in [1.29, 1.82) is 0 Å². The van der Waals surface area contributed by atoms with Crippen molar-refractivity contribution in [2.24, 2.45) is 0 Å². The van der Waals surface area contributed by atoms with Gasteiger partial charge in [0.05, 0.1) is 18.1 Å². The number of carbonyl (C=O) groups is 1. The number of nitro groups is 1. The molecule has 0 radical (unpaired) electrons. The molecule has 0 spiro atoms. The molecule has 1 amide bonds. The lowest BCUT2D eigenvalue weighted by molar-refractivity contribution is -0.384. The summed E-state index contributed by atoms with van der Waals surface area (Å²) in [6.07, 6.45) is 1.73. The number of hydrogen-bond donors (Lipinski definition) is 1. The Balaban J connectivity index is 2.04. The Morgan fingerprint density at radius 1 is 1.00 bits per heavy atom. The lowest BCUT2D eigenvalue weighted by atomic mass is 10.1. The summed E-state index contributed by atoms with van der Waals surface area (Å²) >= 11 is 0. The largest absolute Gasteiger partial charge is 0.490 e. The smallest absolute Gasteiger partial charge is 0.269 e. The van der Waals surface area contributed by atoms with Crippen LogP contribution >= 0.6 is 0 Å². The van der Waals surface area contributed by atoms with E-state index < -0.39 is 4.92 Å². The van der Waals surface area contributed by atoms with Crippen LogP contribution in [0, 0.1) is 10.1 Å². The van der Waals surface area contributed by atoms with Gasteiger partial charge in [0.25, 0.3) is 11.6 Å². The van der Waals surface area contributed by atoms with Gasteiger partial charge in [0.2, 0.25) is 0 Å². The fourth-order valence-electron chi connectivity index (χ4n) is 2.33. The normalized spacial score (nSPS) is 10.3. The number of rotatable bonds is 10. The first-order valence-electron chi connectivity index (χ1n) is 8.96. The molecule has 0 fully saturated rings. The Bertz CT molecular complexity index is 774. The van der Waals surface area contributed by atoms with Crippen molar-refractivity contribution >= 4 is 11.6 Å². The summed E-state index contributed by atoms with van der Waals surface area (Å²) in [5, 5.41) is 13.5.